The van der Waals surface area contributed by atoms with Gasteiger partial charge in [-0.1, -0.05) is 0 Å². The van der Waals surface area contributed by atoms with Crippen LogP contribution >= 0.6 is 11.3 Å². The molecule has 122 valence electrons. The lowest BCUT2D eigenvalue weighted by Gasteiger charge is -2.13. The standard InChI is InChI=1S/C15H13F3N2O2S/c16-15(17,18)8-5-11(14(22)19-6-8)20-13(21)10-7-23-12-4-2-1-3-9(10)12/h5-7H,1-4H2,(H,19,22)(H,20,21). The molecule has 1 aliphatic carbocycles. The van der Waals surface area contributed by atoms with Crippen LogP contribution in [-0.2, 0) is 19.0 Å². The molecule has 1 amide bonds. The SMILES string of the molecule is O=C(Nc1cc(C(F)(F)F)c[nH]c1=O)c1csc2c1CCCC2. The van der Waals surface area contributed by atoms with Crippen LogP contribution in [0.5, 0.6) is 0 Å². The van der Waals surface area contributed by atoms with Crippen molar-refractivity contribution in [2.24, 2.45) is 0 Å². The van der Waals surface area contributed by atoms with Crippen molar-refractivity contribution in [1.82, 2.24) is 4.98 Å². The van der Waals surface area contributed by atoms with Crippen molar-refractivity contribution in [2.75, 3.05) is 5.32 Å². The summed E-state index contributed by atoms with van der Waals surface area (Å²) in [6, 6.07) is 0.648. The average Bonchev–Trinajstić information content (AvgIpc) is 2.92. The zero-order valence-corrected chi connectivity index (χ0v) is 12.7. The van der Waals surface area contributed by atoms with Gasteiger partial charge in [0, 0.05) is 16.5 Å². The van der Waals surface area contributed by atoms with Crippen molar-refractivity contribution < 1.29 is 18.0 Å². The normalized spacial score (nSPS) is 14.4. The molecule has 8 heteroatoms. The quantitative estimate of drug-likeness (QED) is 0.876. The molecule has 2 aromatic heterocycles. The highest BCUT2D eigenvalue weighted by molar-refractivity contribution is 7.10. The van der Waals surface area contributed by atoms with Crippen molar-refractivity contribution >= 4 is 22.9 Å². The Kier molecular flexibility index (Phi) is 4.01. The maximum atomic E-state index is 12.7. The van der Waals surface area contributed by atoms with E-state index in [1.165, 1.54) is 11.3 Å². The average molecular weight is 342 g/mol. The van der Waals surface area contributed by atoms with Crippen LogP contribution in [0.25, 0.3) is 0 Å². The number of amides is 1. The van der Waals surface area contributed by atoms with Crippen LogP contribution in [0.3, 0.4) is 0 Å². The number of aryl methyl sites for hydroxylation is 1. The summed E-state index contributed by atoms with van der Waals surface area (Å²) in [6.07, 6.45) is -0.260. The van der Waals surface area contributed by atoms with Gasteiger partial charge in [0.05, 0.1) is 11.1 Å². The lowest BCUT2D eigenvalue weighted by atomic mass is 9.95. The number of nitrogens with one attached hydrogen (secondary N) is 2. The molecule has 4 nitrogen and oxygen atoms in total. The molecule has 0 atom stereocenters. The van der Waals surface area contributed by atoms with Gasteiger partial charge in [-0.15, -0.1) is 11.3 Å². The van der Waals surface area contributed by atoms with E-state index in [2.05, 4.69) is 5.32 Å². The highest BCUT2D eigenvalue weighted by atomic mass is 32.1. The third-order valence-electron chi connectivity index (χ3n) is 3.78. The minimum absolute atomic E-state index is 0.402. The smallest absolute Gasteiger partial charge is 0.327 e. The molecule has 2 heterocycles. The van der Waals surface area contributed by atoms with Gasteiger partial charge in [-0.05, 0) is 37.3 Å². The van der Waals surface area contributed by atoms with Crippen molar-refractivity contribution in [3.63, 3.8) is 0 Å². The topological polar surface area (TPSA) is 62.0 Å². The number of thiophene rings is 1. The van der Waals surface area contributed by atoms with Gasteiger partial charge in [-0.2, -0.15) is 13.2 Å². The molecule has 0 aliphatic heterocycles. The van der Waals surface area contributed by atoms with E-state index in [4.69, 9.17) is 0 Å². The van der Waals surface area contributed by atoms with Crippen molar-refractivity contribution in [2.45, 2.75) is 31.9 Å². The van der Waals surface area contributed by atoms with Crippen molar-refractivity contribution in [1.29, 1.82) is 0 Å². The molecule has 2 aromatic rings. The van der Waals surface area contributed by atoms with E-state index >= 15 is 0 Å². The summed E-state index contributed by atoms with van der Waals surface area (Å²) in [7, 11) is 0. The molecule has 3 rings (SSSR count). The Morgan fingerprint density at radius 3 is 2.74 bits per heavy atom. The number of hydrogen-bond donors (Lipinski definition) is 2. The molecule has 0 saturated carbocycles. The molecule has 0 bridgehead atoms. The number of alkyl halides is 3. The van der Waals surface area contributed by atoms with Crippen LogP contribution in [0.15, 0.2) is 22.4 Å². The fourth-order valence-corrected chi connectivity index (χ4v) is 3.74. The summed E-state index contributed by atoms with van der Waals surface area (Å²) in [5, 5.41) is 4.00. The highest BCUT2D eigenvalue weighted by Crippen LogP contribution is 2.31. The first-order valence-corrected chi connectivity index (χ1v) is 7.95. The van der Waals surface area contributed by atoms with Gasteiger partial charge >= 0.3 is 6.18 Å². The Hall–Kier alpha value is -2.09. The largest absolute Gasteiger partial charge is 0.417 e. The number of pyridine rings is 1. The Labute approximate surface area is 133 Å². The molecular weight excluding hydrogens is 329 g/mol. The summed E-state index contributed by atoms with van der Waals surface area (Å²) >= 11 is 1.48. The van der Waals surface area contributed by atoms with Crippen molar-refractivity contribution in [3.05, 3.63) is 49.6 Å². The molecule has 0 fully saturated rings. The molecule has 2 N–H and O–H groups in total. The molecular formula is C15H13F3N2O2S. The summed E-state index contributed by atoms with van der Waals surface area (Å²) in [4.78, 5) is 27.1. The Bertz CT molecular complexity index is 808. The Balaban J connectivity index is 1.89. The van der Waals surface area contributed by atoms with E-state index < -0.39 is 28.9 Å². The predicted octanol–water partition coefficient (Wildman–Crippen LogP) is 3.59. The highest BCUT2D eigenvalue weighted by Gasteiger charge is 2.31. The molecule has 0 aromatic carbocycles. The molecule has 23 heavy (non-hydrogen) atoms. The number of hydrogen-bond acceptors (Lipinski definition) is 3. The van der Waals surface area contributed by atoms with Crippen LogP contribution < -0.4 is 10.9 Å². The second kappa shape index (κ2) is 5.84. The minimum atomic E-state index is -4.59. The lowest BCUT2D eigenvalue weighted by Crippen LogP contribution is -2.22. The van der Waals surface area contributed by atoms with E-state index in [-0.39, 0.29) is 0 Å². The summed E-state index contributed by atoms with van der Waals surface area (Å²) < 4.78 is 38.1. The molecule has 0 saturated heterocycles. The molecule has 0 spiro atoms. The summed E-state index contributed by atoms with van der Waals surface area (Å²) in [5.41, 5.74) is -0.792. The predicted molar refractivity (Wildman–Crippen MR) is 81.0 cm³/mol. The van der Waals surface area contributed by atoms with E-state index in [9.17, 15) is 22.8 Å². The van der Waals surface area contributed by atoms with E-state index in [0.717, 1.165) is 36.1 Å². The van der Waals surface area contributed by atoms with Gasteiger partial charge in [0.15, 0.2) is 0 Å². The number of aromatic nitrogens is 1. The number of halogens is 3. The van der Waals surface area contributed by atoms with Gasteiger partial charge in [-0.3, -0.25) is 9.59 Å². The van der Waals surface area contributed by atoms with Gasteiger partial charge in [0.2, 0.25) is 0 Å². The summed E-state index contributed by atoms with van der Waals surface area (Å²) in [6.45, 7) is 0. The maximum absolute atomic E-state index is 12.7. The van der Waals surface area contributed by atoms with Gasteiger partial charge in [-0.25, -0.2) is 0 Å². The van der Waals surface area contributed by atoms with Gasteiger partial charge < -0.3 is 10.3 Å². The maximum Gasteiger partial charge on any atom is 0.417 e. The molecule has 0 unspecified atom stereocenters. The first-order chi connectivity index (χ1) is 10.9. The monoisotopic (exact) mass is 342 g/mol. The van der Waals surface area contributed by atoms with E-state index in [0.29, 0.717) is 17.8 Å². The number of aromatic amines is 1. The van der Waals surface area contributed by atoms with E-state index in [1.807, 2.05) is 4.98 Å². The Morgan fingerprint density at radius 2 is 2.00 bits per heavy atom. The third-order valence-corrected chi connectivity index (χ3v) is 4.87. The number of carbonyl (C=O) groups is 1. The third kappa shape index (κ3) is 3.17. The van der Waals surface area contributed by atoms with Crippen LogP contribution in [0.4, 0.5) is 18.9 Å². The van der Waals surface area contributed by atoms with Crippen LogP contribution in [0.2, 0.25) is 0 Å². The first kappa shape index (κ1) is 15.8. The zero-order chi connectivity index (χ0) is 16.6. The lowest BCUT2D eigenvalue weighted by molar-refractivity contribution is -0.137. The Morgan fingerprint density at radius 1 is 1.26 bits per heavy atom. The second-order valence-electron chi connectivity index (χ2n) is 5.34. The number of carbonyl (C=O) groups excluding carboxylic acids is 1. The first-order valence-electron chi connectivity index (χ1n) is 7.07. The van der Waals surface area contributed by atoms with E-state index in [1.54, 1.807) is 5.38 Å². The molecule has 1 aliphatic rings. The second-order valence-corrected chi connectivity index (χ2v) is 6.31. The fraction of sp³-hybridized carbons (Fsp3) is 0.333. The summed E-state index contributed by atoms with van der Waals surface area (Å²) in [5.74, 6) is -0.547. The fourth-order valence-electron chi connectivity index (χ4n) is 2.61. The number of anilines is 1. The van der Waals surface area contributed by atoms with Crippen LogP contribution in [0, 0.1) is 0 Å². The number of H-pyrrole nitrogens is 1. The van der Waals surface area contributed by atoms with Crippen LogP contribution in [0.1, 0.15) is 39.2 Å². The zero-order valence-electron chi connectivity index (χ0n) is 11.9. The minimum Gasteiger partial charge on any atom is -0.327 e. The number of fused-ring (bicyclic) bond motifs is 1. The van der Waals surface area contributed by atoms with Gasteiger partial charge in [0.1, 0.15) is 5.69 Å². The molecule has 0 radical (unpaired) electrons. The number of rotatable bonds is 2. The van der Waals surface area contributed by atoms with Crippen LogP contribution in [-0.4, -0.2) is 10.9 Å². The van der Waals surface area contributed by atoms with Crippen molar-refractivity contribution in [3.8, 4) is 0 Å². The van der Waals surface area contributed by atoms with Gasteiger partial charge in [0.25, 0.3) is 11.5 Å².